The molecule has 1 unspecified atom stereocenters. The van der Waals surface area contributed by atoms with Crippen LogP contribution in [0.5, 0.6) is 0 Å². The molecule has 1 aliphatic heterocycles. The molecule has 0 aromatic carbocycles. The average Bonchev–Trinajstić information content (AvgIpc) is 2.76. The molecule has 1 aromatic rings. The third kappa shape index (κ3) is 2.96. The maximum atomic E-state index is 5.77. The van der Waals surface area contributed by atoms with Crippen LogP contribution in [0.2, 0.25) is 5.15 Å². The lowest BCUT2D eigenvalue weighted by Crippen LogP contribution is -2.29. The summed E-state index contributed by atoms with van der Waals surface area (Å²) < 4.78 is 0. The molecule has 1 atom stereocenters. The predicted molar refractivity (Wildman–Crippen MR) is 67.8 cm³/mol. The molecule has 0 radical (unpaired) electrons. The van der Waals surface area contributed by atoms with Crippen LogP contribution in [0, 0.1) is 0 Å². The Labute approximate surface area is 103 Å². The highest BCUT2D eigenvalue weighted by Crippen LogP contribution is 2.21. The molecule has 1 saturated heterocycles. The molecular formula is C13H19ClN2. The number of nitrogens with zero attached hydrogens (tertiary/aromatic N) is 2. The largest absolute Gasteiger partial charge is 0.301 e. The summed E-state index contributed by atoms with van der Waals surface area (Å²) in [6.45, 7) is 4.71. The van der Waals surface area contributed by atoms with Crippen molar-refractivity contribution < 1.29 is 0 Å². The smallest absolute Gasteiger partial charge is 0.129 e. The number of halogens is 1. The quantitative estimate of drug-likeness (QED) is 0.750. The summed E-state index contributed by atoms with van der Waals surface area (Å²) in [5.41, 5.74) is 1.30. The Morgan fingerprint density at radius 1 is 1.50 bits per heavy atom. The minimum atomic E-state index is 0.583. The number of rotatable bonds is 4. The summed E-state index contributed by atoms with van der Waals surface area (Å²) >= 11 is 5.77. The first kappa shape index (κ1) is 11.9. The Hall–Kier alpha value is -0.600. The fourth-order valence-corrected chi connectivity index (χ4v) is 2.64. The molecule has 0 aliphatic carbocycles. The number of aromatic nitrogens is 1. The van der Waals surface area contributed by atoms with Gasteiger partial charge >= 0.3 is 0 Å². The number of aryl methyl sites for hydroxylation is 1. The molecule has 16 heavy (non-hydrogen) atoms. The lowest BCUT2D eigenvalue weighted by atomic mass is 10.1. The number of likely N-dealkylation sites (tertiary alicyclic amines) is 1. The molecule has 3 heteroatoms. The maximum Gasteiger partial charge on any atom is 0.129 e. The van der Waals surface area contributed by atoms with Crippen LogP contribution in [0.4, 0.5) is 0 Å². The van der Waals surface area contributed by atoms with Gasteiger partial charge in [-0.25, -0.2) is 4.98 Å². The number of pyridine rings is 1. The molecule has 0 saturated carbocycles. The Bertz CT molecular complexity index is 323. The van der Waals surface area contributed by atoms with Gasteiger partial charge in [0.1, 0.15) is 5.15 Å². The molecule has 0 spiro atoms. The molecule has 2 heterocycles. The first-order chi connectivity index (χ1) is 7.79. The first-order valence-electron chi connectivity index (χ1n) is 6.14. The van der Waals surface area contributed by atoms with Crippen molar-refractivity contribution >= 4 is 11.6 Å². The number of hydrogen-bond acceptors (Lipinski definition) is 2. The molecule has 2 nitrogen and oxygen atoms in total. The van der Waals surface area contributed by atoms with Crippen LogP contribution < -0.4 is 0 Å². The van der Waals surface area contributed by atoms with E-state index in [1.54, 1.807) is 0 Å². The van der Waals surface area contributed by atoms with Gasteiger partial charge in [-0.05, 0) is 50.4 Å². The van der Waals surface area contributed by atoms with Crippen molar-refractivity contribution in [1.29, 1.82) is 0 Å². The van der Waals surface area contributed by atoms with E-state index in [-0.39, 0.29) is 0 Å². The van der Waals surface area contributed by atoms with E-state index in [9.17, 15) is 0 Å². The van der Waals surface area contributed by atoms with Gasteiger partial charge in [0.15, 0.2) is 0 Å². The fraction of sp³-hybridized carbons (Fsp3) is 0.615. The van der Waals surface area contributed by atoms with Gasteiger partial charge in [0, 0.05) is 12.2 Å². The van der Waals surface area contributed by atoms with Gasteiger partial charge in [-0.1, -0.05) is 24.6 Å². The average molecular weight is 239 g/mol. The van der Waals surface area contributed by atoms with Crippen molar-refractivity contribution in [3.8, 4) is 0 Å². The second-order valence-electron chi connectivity index (χ2n) is 4.45. The highest BCUT2D eigenvalue weighted by Gasteiger charge is 2.22. The van der Waals surface area contributed by atoms with Crippen molar-refractivity contribution in [1.82, 2.24) is 9.88 Å². The minimum absolute atomic E-state index is 0.583. The lowest BCUT2D eigenvalue weighted by molar-refractivity contribution is 0.256. The second kappa shape index (κ2) is 5.65. The monoisotopic (exact) mass is 238 g/mol. The summed E-state index contributed by atoms with van der Waals surface area (Å²) in [6.07, 6.45) is 6.97. The highest BCUT2D eigenvalue weighted by molar-refractivity contribution is 6.29. The van der Waals surface area contributed by atoms with Gasteiger partial charge in [-0.2, -0.15) is 0 Å². The molecular weight excluding hydrogens is 220 g/mol. The van der Waals surface area contributed by atoms with Crippen LogP contribution in [-0.2, 0) is 6.42 Å². The molecule has 0 bridgehead atoms. The van der Waals surface area contributed by atoms with Gasteiger partial charge < -0.3 is 4.90 Å². The summed E-state index contributed by atoms with van der Waals surface area (Å²) in [5, 5.41) is 0.583. The zero-order valence-corrected chi connectivity index (χ0v) is 10.6. The van der Waals surface area contributed by atoms with Gasteiger partial charge in [0.25, 0.3) is 0 Å². The van der Waals surface area contributed by atoms with Crippen molar-refractivity contribution in [2.75, 3.05) is 13.1 Å². The summed E-state index contributed by atoms with van der Waals surface area (Å²) in [4.78, 5) is 6.70. The molecule has 1 aliphatic rings. The van der Waals surface area contributed by atoms with E-state index in [1.807, 2.05) is 12.3 Å². The molecule has 88 valence electrons. The zero-order chi connectivity index (χ0) is 11.4. The van der Waals surface area contributed by atoms with Gasteiger partial charge in [-0.3, -0.25) is 0 Å². The van der Waals surface area contributed by atoms with Crippen LogP contribution in [0.3, 0.4) is 0 Å². The molecule has 1 aromatic heterocycles. The van der Waals surface area contributed by atoms with Gasteiger partial charge in [0.2, 0.25) is 0 Å². The zero-order valence-electron chi connectivity index (χ0n) is 9.82. The van der Waals surface area contributed by atoms with Crippen LogP contribution >= 0.6 is 11.6 Å². The molecule has 0 amide bonds. The maximum absolute atomic E-state index is 5.77. The molecule has 1 fully saturated rings. The van der Waals surface area contributed by atoms with Crippen molar-refractivity contribution in [2.45, 2.75) is 38.6 Å². The summed E-state index contributed by atoms with van der Waals surface area (Å²) in [5.74, 6) is 0. The number of hydrogen-bond donors (Lipinski definition) is 0. The standard InChI is InChI=1S/C13H19ClN2/c1-2-16-9-3-4-12(16)7-5-11-6-8-13(14)15-10-11/h6,8,10,12H,2-5,7,9H2,1H3. The van der Waals surface area contributed by atoms with Crippen molar-refractivity contribution in [3.05, 3.63) is 29.0 Å². The van der Waals surface area contributed by atoms with E-state index in [0.717, 1.165) is 12.5 Å². The second-order valence-corrected chi connectivity index (χ2v) is 4.84. The van der Waals surface area contributed by atoms with E-state index in [1.165, 1.54) is 37.9 Å². The van der Waals surface area contributed by atoms with Gasteiger partial charge in [0.05, 0.1) is 0 Å². The van der Waals surface area contributed by atoms with Crippen molar-refractivity contribution in [3.63, 3.8) is 0 Å². The Balaban J connectivity index is 1.85. The van der Waals surface area contributed by atoms with Gasteiger partial charge in [-0.15, -0.1) is 0 Å². The van der Waals surface area contributed by atoms with Crippen LogP contribution in [0.15, 0.2) is 18.3 Å². The molecule has 2 rings (SSSR count). The van der Waals surface area contributed by atoms with Crippen LogP contribution in [0.25, 0.3) is 0 Å². The Morgan fingerprint density at radius 2 is 2.38 bits per heavy atom. The first-order valence-corrected chi connectivity index (χ1v) is 6.52. The minimum Gasteiger partial charge on any atom is -0.301 e. The summed E-state index contributed by atoms with van der Waals surface area (Å²) in [7, 11) is 0. The summed E-state index contributed by atoms with van der Waals surface area (Å²) in [6, 6.07) is 4.74. The van der Waals surface area contributed by atoms with E-state index in [4.69, 9.17) is 11.6 Å². The normalized spacial score (nSPS) is 21.5. The van der Waals surface area contributed by atoms with E-state index in [0.29, 0.717) is 5.15 Å². The van der Waals surface area contributed by atoms with E-state index < -0.39 is 0 Å². The predicted octanol–water partition coefficient (Wildman–Crippen LogP) is 3.15. The fourth-order valence-electron chi connectivity index (χ4n) is 2.53. The van der Waals surface area contributed by atoms with E-state index >= 15 is 0 Å². The SMILES string of the molecule is CCN1CCCC1CCc1ccc(Cl)nc1. The third-order valence-electron chi connectivity index (χ3n) is 3.46. The van der Waals surface area contributed by atoms with Crippen molar-refractivity contribution in [2.24, 2.45) is 0 Å². The third-order valence-corrected chi connectivity index (χ3v) is 3.68. The van der Waals surface area contributed by atoms with Crippen LogP contribution in [-0.4, -0.2) is 29.0 Å². The van der Waals surface area contributed by atoms with E-state index in [2.05, 4.69) is 22.9 Å². The highest BCUT2D eigenvalue weighted by atomic mass is 35.5. The lowest BCUT2D eigenvalue weighted by Gasteiger charge is -2.22. The van der Waals surface area contributed by atoms with Crippen LogP contribution in [0.1, 0.15) is 31.7 Å². The topological polar surface area (TPSA) is 16.1 Å². The Kier molecular flexibility index (Phi) is 4.19. The molecule has 0 N–H and O–H groups in total. The Morgan fingerprint density at radius 3 is 3.06 bits per heavy atom.